The molecule has 2 amide bonds. The van der Waals surface area contributed by atoms with Crippen molar-refractivity contribution in [3.05, 3.63) is 24.2 Å². The Balaban J connectivity index is 2.43. The van der Waals surface area contributed by atoms with Gasteiger partial charge in [-0.2, -0.15) is 0 Å². The zero-order valence-corrected chi connectivity index (χ0v) is 12.8. The molecule has 2 atom stereocenters. The van der Waals surface area contributed by atoms with E-state index in [4.69, 9.17) is 4.42 Å². The summed E-state index contributed by atoms with van der Waals surface area (Å²) in [5.74, 6) is -0.675. The molecule has 7 heteroatoms. The number of hydrogen-bond acceptors (Lipinski definition) is 5. The number of hydrogen-bond donors (Lipinski definition) is 3. The molecular weight excluding hydrogens is 274 g/mol. The monoisotopic (exact) mass is 297 g/mol. The van der Waals surface area contributed by atoms with Gasteiger partial charge in [0.2, 0.25) is 5.91 Å². The van der Waals surface area contributed by atoms with Crippen LogP contribution >= 0.6 is 0 Å². The molecule has 1 aromatic rings. The number of likely N-dealkylation sites (N-methyl/N-ethyl adjacent to an activating group) is 1. The van der Waals surface area contributed by atoms with E-state index in [1.807, 2.05) is 19.0 Å². The van der Waals surface area contributed by atoms with E-state index in [-0.39, 0.29) is 18.2 Å². The lowest BCUT2D eigenvalue weighted by Crippen LogP contribution is -2.51. The maximum Gasteiger partial charge on any atom is 0.287 e. The maximum absolute atomic E-state index is 11.9. The summed E-state index contributed by atoms with van der Waals surface area (Å²) in [4.78, 5) is 25.5. The van der Waals surface area contributed by atoms with Gasteiger partial charge in [-0.3, -0.25) is 9.59 Å². The second-order valence-electron chi connectivity index (χ2n) is 5.62. The Kier molecular flexibility index (Phi) is 5.92. The van der Waals surface area contributed by atoms with Gasteiger partial charge in [0.05, 0.1) is 11.9 Å². The summed E-state index contributed by atoms with van der Waals surface area (Å²) in [5, 5.41) is 15.2. The van der Waals surface area contributed by atoms with E-state index in [2.05, 4.69) is 10.6 Å². The molecule has 7 nitrogen and oxygen atoms in total. The van der Waals surface area contributed by atoms with Crippen LogP contribution in [-0.2, 0) is 4.79 Å². The zero-order valence-electron chi connectivity index (χ0n) is 12.8. The topological polar surface area (TPSA) is 94.8 Å². The van der Waals surface area contributed by atoms with Crippen LogP contribution in [0.5, 0.6) is 0 Å². The maximum atomic E-state index is 11.9. The molecule has 0 aromatic carbocycles. The van der Waals surface area contributed by atoms with Gasteiger partial charge >= 0.3 is 0 Å². The minimum Gasteiger partial charge on any atom is -0.459 e. The van der Waals surface area contributed by atoms with E-state index >= 15 is 0 Å². The molecule has 0 aliphatic heterocycles. The lowest BCUT2D eigenvalue weighted by molar-refractivity contribution is -0.123. The summed E-state index contributed by atoms with van der Waals surface area (Å²) in [5.41, 5.74) is -1.04. The molecule has 1 aromatic heterocycles. The molecular formula is C14H23N3O4. The van der Waals surface area contributed by atoms with Gasteiger partial charge in [0.15, 0.2) is 5.76 Å². The molecule has 0 radical (unpaired) electrons. The van der Waals surface area contributed by atoms with Crippen molar-refractivity contribution in [1.29, 1.82) is 0 Å². The summed E-state index contributed by atoms with van der Waals surface area (Å²) >= 11 is 0. The molecule has 118 valence electrons. The number of nitrogens with zero attached hydrogens (tertiary/aromatic N) is 1. The van der Waals surface area contributed by atoms with Crippen molar-refractivity contribution in [1.82, 2.24) is 15.5 Å². The van der Waals surface area contributed by atoms with Crippen LogP contribution in [0.3, 0.4) is 0 Å². The molecule has 0 aliphatic carbocycles. The Labute approximate surface area is 124 Å². The largest absolute Gasteiger partial charge is 0.459 e. The second kappa shape index (κ2) is 7.24. The summed E-state index contributed by atoms with van der Waals surface area (Å²) < 4.78 is 4.94. The Bertz CT molecular complexity index is 469. The fourth-order valence-electron chi connectivity index (χ4n) is 1.91. The molecule has 0 saturated heterocycles. The third kappa shape index (κ3) is 5.97. The van der Waals surface area contributed by atoms with E-state index in [1.165, 1.54) is 12.3 Å². The molecule has 1 heterocycles. The number of nitrogens with one attached hydrogen (secondary N) is 2. The van der Waals surface area contributed by atoms with Crippen LogP contribution in [0.25, 0.3) is 0 Å². The van der Waals surface area contributed by atoms with Gasteiger partial charge in [-0.25, -0.2) is 0 Å². The summed E-state index contributed by atoms with van der Waals surface area (Å²) in [7, 11) is 3.67. The predicted octanol–water partition coefficient (Wildman–Crippen LogP) is -0.173. The van der Waals surface area contributed by atoms with Crippen molar-refractivity contribution < 1.29 is 19.1 Å². The van der Waals surface area contributed by atoms with Gasteiger partial charge in [0, 0.05) is 13.1 Å². The zero-order chi connectivity index (χ0) is 16.0. The number of amides is 2. The van der Waals surface area contributed by atoms with Gasteiger partial charge in [0.1, 0.15) is 6.04 Å². The van der Waals surface area contributed by atoms with Crippen LogP contribution in [0.4, 0.5) is 0 Å². The minimum atomic E-state index is -1.04. The first kappa shape index (κ1) is 17.2. The standard InChI is InChI=1S/C14H23N3O4/c1-10(16-13(19)11-6-5-7-21-11)12(18)15-8-14(2,20)9-17(3)4/h5-7,10,20H,8-9H2,1-4H3,(H,15,18)(H,16,19). The Morgan fingerprint density at radius 2 is 2.14 bits per heavy atom. The van der Waals surface area contributed by atoms with Crippen molar-refractivity contribution in [3.63, 3.8) is 0 Å². The van der Waals surface area contributed by atoms with Gasteiger partial charge in [0.25, 0.3) is 5.91 Å². The fourth-order valence-corrected chi connectivity index (χ4v) is 1.91. The number of carbonyl (C=O) groups excluding carboxylic acids is 2. The number of rotatable bonds is 7. The summed E-state index contributed by atoms with van der Waals surface area (Å²) in [6.45, 7) is 3.72. The predicted molar refractivity (Wildman–Crippen MR) is 77.8 cm³/mol. The second-order valence-corrected chi connectivity index (χ2v) is 5.62. The third-order valence-electron chi connectivity index (χ3n) is 2.79. The minimum absolute atomic E-state index is 0.102. The van der Waals surface area contributed by atoms with Crippen LogP contribution < -0.4 is 10.6 Å². The van der Waals surface area contributed by atoms with Crippen molar-refractivity contribution in [3.8, 4) is 0 Å². The van der Waals surface area contributed by atoms with E-state index in [0.29, 0.717) is 6.54 Å². The first-order valence-corrected chi connectivity index (χ1v) is 6.70. The van der Waals surface area contributed by atoms with E-state index in [9.17, 15) is 14.7 Å². The van der Waals surface area contributed by atoms with E-state index in [1.54, 1.807) is 19.9 Å². The quantitative estimate of drug-likeness (QED) is 0.649. The van der Waals surface area contributed by atoms with Gasteiger partial charge in [-0.15, -0.1) is 0 Å². The summed E-state index contributed by atoms with van der Waals surface area (Å²) in [6, 6.07) is 2.39. The van der Waals surface area contributed by atoms with Crippen molar-refractivity contribution >= 4 is 11.8 Å². The Morgan fingerprint density at radius 3 is 2.67 bits per heavy atom. The first-order valence-electron chi connectivity index (χ1n) is 6.70. The van der Waals surface area contributed by atoms with Gasteiger partial charge in [-0.05, 0) is 40.1 Å². The number of carbonyl (C=O) groups is 2. The lowest BCUT2D eigenvalue weighted by Gasteiger charge is -2.27. The highest BCUT2D eigenvalue weighted by Gasteiger charge is 2.24. The smallest absolute Gasteiger partial charge is 0.287 e. The highest BCUT2D eigenvalue weighted by Crippen LogP contribution is 2.03. The molecule has 2 unspecified atom stereocenters. The van der Waals surface area contributed by atoms with Gasteiger partial charge in [-0.1, -0.05) is 0 Å². The molecule has 1 rings (SSSR count). The molecule has 21 heavy (non-hydrogen) atoms. The lowest BCUT2D eigenvalue weighted by atomic mass is 10.1. The van der Waals surface area contributed by atoms with E-state index in [0.717, 1.165) is 0 Å². The van der Waals surface area contributed by atoms with Gasteiger partial charge < -0.3 is 25.1 Å². The number of furan rings is 1. The average molecular weight is 297 g/mol. The molecule has 0 spiro atoms. The van der Waals surface area contributed by atoms with Crippen molar-refractivity contribution in [2.24, 2.45) is 0 Å². The van der Waals surface area contributed by atoms with Crippen LogP contribution in [0.15, 0.2) is 22.8 Å². The molecule has 3 N–H and O–H groups in total. The summed E-state index contributed by atoms with van der Waals surface area (Å²) in [6.07, 6.45) is 1.39. The van der Waals surface area contributed by atoms with E-state index < -0.39 is 17.6 Å². The highest BCUT2D eigenvalue weighted by molar-refractivity contribution is 5.95. The normalized spacial score (nSPS) is 15.3. The van der Waals surface area contributed by atoms with Crippen LogP contribution in [0.2, 0.25) is 0 Å². The number of aliphatic hydroxyl groups is 1. The Hall–Kier alpha value is -1.86. The molecule has 0 aliphatic rings. The highest BCUT2D eigenvalue weighted by atomic mass is 16.3. The SMILES string of the molecule is CC(NC(=O)c1ccco1)C(=O)NCC(C)(O)CN(C)C. The molecule has 0 bridgehead atoms. The van der Waals surface area contributed by atoms with Crippen molar-refractivity contribution in [2.45, 2.75) is 25.5 Å². The molecule has 0 saturated carbocycles. The van der Waals surface area contributed by atoms with Crippen LogP contribution in [-0.4, -0.2) is 60.6 Å². The molecule has 0 fully saturated rings. The fraction of sp³-hybridized carbons (Fsp3) is 0.571. The Morgan fingerprint density at radius 1 is 1.48 bits per heavy atom. The average Bonchev–Trinajstić information content (AvgIpc) is 2.88. The first-order chi connectivity index (χ1) is 9.71. The van der Waals surface area contributed by atoms with Crippen LogP contribution in [0.1, 0.15) is 24.4 Å². The van der Waals surface area contributed by atoms with Crippen LogP contribution in [0, 0.1) is 0 Å². The third-order valence-corrected chi connectivity index (χ3v) is 2.79. The van der Waals surface area contributed by atoms with Crippen molar-refractivity contribution in [2.75, 3.05) is 27.2 Å².